The van der Waals surface area contributed by atoms with E-state index in [4.69, 9.17) is 16.3 Å². The van der Waals surface area contributed by atoms with Gasteiger partial charge in [0.15, 0.2) is 0 Å². The number of carbonyl (C=O) groups excluding carboxylic acids is 1. The van der Waals surface area contributed by atoms with Gasteiger partial charge in [0.2, 0.25) is 10.0 Å². The summed E-state index contributed by atoms with van der Waals surface area (Å²) in [5.41, 5.74) is 0.679. The summed E-state index contributed by atoms with van der Waals surface area (Å²) in [5.74, 6) is 0.347. The quantitative estimate of drug-likeness (QED) is 0.381. The third kappa shape index (κ3) is 5.30. The van der Waals surface area contributed by atoms with E-state index in [0.29, 0.717) is 45.3 Å². The standard InChI is InChI=1S/C23H22ClN5O5S/c1-35(32,33)27-22(30)12-29-23(31)17-5-3-2-4-16(17)20(26-29)11-28-10-15-8-21(34-13-14-6-7-14)18(24)9-19(15)25-28/h2-5,8-10,14H,6-7,11-13H2,1H3,(H,27,30). The molecule has 0 atom stereocenters. The summed E-state index contributed by atoms with van der Waals surface area (Å²) in [4.78, 5) is 25.0. The SMILES string of the molecule is CS(=O)(=O)NC(=O)Cn1nc(Cn2cc3cc(OCC4CC4)c(Cl)cc3n2)c2ccccc2c1=O. The Morgan fingerprint density at radius 2 is 1.94 bits per heavy atom. The maximum absolute atomic E-state index is 12.9. The number of ether oxygens (including phenoxy) is 1. The fourth-order valence-corrected chi connectivity index (χ4v) is 4.51. The minimum absolute atomic E-state index is 0.207. The first kappa shape index (κ1) is 23.3. The van der Waals surface area contributed by atoms with Crippen LogP contribution in [0.15, 0.2) is 47.4 Å². The maximum atomic E-state index is 12.9. The summed E-state index contributed by atoms with van der Waals surface area (Å²) in [6.07, 6.45) is 5.05. The summed E-state index contributed by atoms with van der Waals surface area (Å²) >= 11 is 6.38. The maximum Gasteiger partial charge on any atom is 0.275 e. The van der Waals surface area contributed by atoms with Gasteiger partial charge < -0.3 is 4.74 Å². The summed E-state index contributed by atoms with van der Waals surface area (Å²) in [6.45, 7) is 0.310. The summed E-state index contributed by atoms with van der Waals surface area (Å²) in [7, 11) is -3.76. The number of nitrogens with one attached hydrogen (secondary N) is 1. The van der Waals surface area contributed by atoms with Gasteiger partial charge in [0, 0.05) is 17.0 Å². The van der Waals surface area contributed by atoms with Crippen molar-refractivity contribution in [2.45, 2.75) is 25.9 Å². The number of hydrogen-bond acceptors (Lipinski definition) is 7. The number of carbonyl (C=O) groups is 1. The molecule has 0 bridgehead atoms. The van der Waals surface area contributed by atoms with Crippen LogP contribution < -0.4 is 15.0 Å². The first-order valence-corrected chi connectivity index (χ1v) is 13.2. The lowest BCUT2D eigenvalue weighted by atomic mass is 10.1. The van der Waals surface area contributed by atoms with Crippen LogP contribution in [0.1, 0.15) is 18.5 Å². The number of amides is 1. The Morgan fingerprint density at radius 1 is 1.20 bits per heavy atom. The lowest BCUT2D eigenvalue weighted by molar-refractivity contribution is -0.120. The van der Waals surface area contributed by atoms with E-state index in [9.17, 15) is 18.0 Å². The first-order chi connectivity index (χ1) is 16.7. The van der Waals surface area contributed by atoms with Crippen molar-refractivity contribution < 1.29 is 17.9 Å². The van der Waals surface area contributed by atoms with Crippen molar-refractivity contribution in [3.63, 3.8) is 0 Å². The molecule has 2 aromatic heterocycles. The van der Waals surface area contributed by atoms with E-state index in [1.807, 2.05) is 17.0 Å². The number of aromatic nitrogens is 4. The Bertz CT molecular complexity index is 1620. The largest absolute Gasteiger partial charge is 0.492 e. The van der Waals surface area contributed by atoms with Crippen LogP contribution in [0.5, 0.6) is 5.75 Å². The van der Waals surface area contributed by atoms with Crippen LogP contribution in [0.2, 0.25) is 5.02 Å². The van der Waals surface area contributed by atoms with Gasteiger partial charge in [0.05, 0.1) is 41.0 Å². The first-order valence-electron chi connectivity index (χ1n) is 10.9. The van der Waals surface area contributed by atoms with Crippen LogP contribution in [-0.4, -0.2) is 46.7 Å². The van der Waals surface area contributed by atoms with Crippen LogP contribution in [0.25, 0.3) is 21.7 Å². The molecule has 0 unspecified atom stereocenters. The lowest BCUT2D eigenvalue weighted by Gasteiger charge is -2.11. The molecule has 5 rings (SSSR count). The van der Waals surface area contributed by atoms with Crippen molar-refractivity contribution in [3.05, 3.63) is 63.7 Å². The van der Waals surface area contributed by atoms with Gasteiger partial charge in [-0.25, -0.2) is 13.1 Å². The van der Waals surface area contributed by atoms with Crippen LogP contribution in [-0.2, 0) is 27.9 Å². The minimum atomic E-state index is -3.76. The van der Waals surface area contributed by atoms with Crippen molar-refractivity contribution in [1.82, 2.24) is 24.3 Å². The summed E-state index contributed by atoms with van der Waals surface area (Å²) < 4.78 is 33.1. The summed E-state index contributed by atoms with van der Waals surface area (Å²) in [5, 5.41) is 11.2. The van der Waals surface area contributed by atoms with Gasteiger partial charge in [-0.05, 0) is 37.0 Å². The second-order valence-electron chi connectivity index (χ2n) is 8.67. The van der Waals surface area contributed by atoms with E-state index < -0.39 is 28.0 Å². The smallest absolute Gasteiger partial charge is 0.275 e. The molecule has 1 aliphatic carbocycles. The molecule has 1 fully saturated rings. The van der Waals surface area contributed by atoms with Gasteiger partial charge in [-0.2, -0.15) is 10.2 Å². The van der Waals surface area contributed by atoms with Crippen LogP contribution in [0.4, 0.5) is 0 Å². The zero-order valence-corrected chi connectivity index (χ0v) is 20.3. The van der Waals surface area contributed by atoms with Crippen LogP contribution >= 0.6 is 11.6 Å². The molecular weight excluding hydrogens is 494 g/mol. The third-order valence-electron chi connectivity index (χ3n) is 5.63. The molecule has 2 heterocycles. The van der Waals surface area contributed by atoms with Crippen LogP contribution in [0, 0.1) is 5.92 Å². The second-order valence-corrected chi connectivity index (χ2v) is 10.8. The van der Waals surface area contributed by atoms with Gasteiger partial charge in [0.1, 0.15) is 12.3 Å². The number of nitrogens with zero attached hydrogens (tertiary/aromatic N) is 4. The topological polar surface area (TPSA) is 125 Å². The van der Waals surface area contributed by atoms with Gasteiger partial charge >= 0.3 is 0 Å². The fourth-order valence-electron chi connectivity index (χ4n) is 3.82. The molecule has 10 nitrogen and oxygen atoms in total. The highest BCUT2D eigenvalue weighted by molar-refractivity contribution is 7.89. The molecule has 1 N–H and O–H groups in total. The number of hydrogen-bond donors (Lipinski definition) is 1. The zero-order valence-electron chi connectivity index (χ0n) is 18.8. The van der Waals surface area contributed by atoms with E-state index in [2.05, 4.69) is 10.2 Å². The van der Waals surface area contributed by atoms with E-state index in [1.165, 1.54) is 12.8 Å². The molecular formula is C23H22ClN5O5S. The molecule has 35 heavy (non-hydrogen) atoms. The van der Waals surface area contributed by atoms with Crippen LogP contribution in [0.3, 0.4) is 0 Å². The van der Waals surface area contributed by atoms with Crippen molar-refractivity contribution in [2.24, 2.45) is 5.92 Å². The van der Waals surface area contributed by atoms with Crippen molar-refractivity contribution in [2.75, 3.05) is 12.9 Å². The Labute approximate surface area is 205 Å². The number of halogens is 1. The zero-order chi connectivity index (χ0) is 24.7. The normalized spacial score (nSPS) is 13.9. The van der Waals surface area contributed by atoms with E-state index in [1.54, 1.807) is 35.0 Å². The molecule has 0 spiro atoms. The van der Waals surface area contributed by atoms with Gasteiger partial charge in [0.25, 0.3) is 11.5 Å². The predicted molar refractivity (Wildman–Crippen MR) is 131 cm³/mol. The highest BCUT2D eigenvalue weighted by atomic mass is 35.5. The Hall–Kier alpha value is -3.44. The fraction of sp³-hybridized carbons (Fsp3) is 0.304. The molecule has 12 heteroatoms. The molecule has 182 valence electrons. The highest BCUT2D eigenvalue weighted by Crippen LogP contribution is 2.33. The second kappa shape index (κ2) is 8.97. The number of fused-ring (bicyclic) bond motifs is 2. The molecule has 0 saturated heterocycles. The predicted octanol–water partition coefficient (Wildman–Crippen LogP) is 2.31. The third-order valence-corrected chi connectivity index (χ3v) is 6.52. The highest BCUT2D eigenvalue weighted by Gasteiger charge is 2.22. The van der Waals surface area contributed by atoms with E-state index in [0.717, 1.165) is 16.3 Å². The molecule has 1 saturated carbocycles. The molecule has 1 aliphatic rings. The summed E-state index contributed by atoms with van der Waals surface area (Å²) in [6, 6.07) is 10.5. The monoisotopic (exact) mass is 515 g/mol. The van der Waals surface area contributed by atoms with Gasteiger partial charge in [-0.3, -0.25) is 19.0 Å². The number of sulfonamides is 1. The van der Waals surface area contributed by atoms with Crippen molar-refractivity contribution >= 4 is 49.2 Å². The lowest BCUT2D eigenvalue weighted by Crippen LogP contribution is -2.37. The number of rotatable bonds is 8. The average Bonchev–Trinajstić information content (AvgIpc) is 3.53. The van der Waals surface area contributed by atoms with Crippen molar-refractivity contribution in [3.8, 4) is 5.75 Å². The molecule has 1 amide bonds. The average molecular weight is 516 g/mol. The molecule has 0 aliphatic heterocycles. The Balaban J connectivity index is 1.48. The minimum Gasteiger partial charge on any atom is -0.492 e. The Morgan fingerprint density at radius 3 is 2.66 bits per heavy atom. The molecule has 2 aromatic carbocycles. The van der Waals surface area contributed by atoms with Crippen molar-refractivity contribution in [1.29, 1.82) is 0 Å². The Kier molecular flexibility index (Phi) is 5.97. The van der Waals surface area contributed by atoms with E-state index in [-0.39, 0.29) is 6.54 Å². The molecule has 0 radical (unpaired) electrons. The van der Waals surface area contributed by atoms with E-state index >= 15 is 0 Å². The number of benzene rings is 2. The van der Waals surface area contributed by atoms with Gasteiger partial charge in [-0.15, -0.1) is 0 Å². The molecule has 4 aromatic rings. The van der Waals surface area contributed by atoms with Gasteiger partial charge in [-0.1, -0.05) is 29.8 Å².